The van der Waals surface area contributed by atoms with Crippen molar-refractivity contribution in [2.75, 3.05) is 57.3 Å². The van der Waals surface area contributed by atoms with Gasteiger partial charge in [0, 0.05) is 89.0 Å². The minimum atomic E-state index is -4.49. The van der Waals surface area contributed by atoms with Gasteiger partial charge in [-0.1, -0.05) is 0 Å². The molecule has 0 radical (unpaired) electrons. The Morgan fingerprint density at radius 1 is 1.00 bits per heavy atom. The Balaban J connectivity index is 1.000. The number of nitrogens with one attached hydrogen (secondary N) is 1. The summed E-state index contributed by atoms with van der Waals surface area (Å²) in [6.45, 7) is 4.84. The van der Waals surface area contributed by atoms with E-state index in [1.807, 2.05) is 0 Å². The Morgan fingerprint density at radius 2 is 1.74 bits per heavy atom. The number of anilines is 1. The number of rotatable bonds is 6. The molecule has 2 amide bonds. The van der Waals surface area contributed by atoms with Gasteiger partial charge < -0.3 is 19.4 Å². The van der Waals surface area contributed by atoms with Gasteiger partial charge in [0.05, 0.1) is 29.7 Å². The molecule has 1 atom stereocenters. The van der Waals surface area contributed by atoms with E-state index >= 15 is 0 Å². The van der Waals surface area contributed by atoms with Crippen LogP contribution in [0.1, 0.15) is 48.1 Å². The summed E-state index contributed by atoms with van der Waals surface area (Å²) in [5.41, 5.74) is 1.07. The zero-order chi connectivity index (χ0) is 30.1. The molecule has 15 heteroatoms. The number of hydrogen-bond donors (Lipinski definition) is 1. The highest BCUT2D eigenvalue weighted by atomic mass is 19.4. The average Bonchev–Trinajstić information content (AvgIpc) is 2.99. The van der Waals surface area contributed by atoms with Crippen molar-refractivity contribution in [1.29, 1.82) is 0 Å². The first-order chi connectivity index (χ1) is 20.7. The standard InChI is InChI=1S/C28H35F3N8O4/c29-28(30,31)19-12-32-27(33-13-19)38-8-6-37(7-9-38)26(42)18-14-36(15-18)17-23-22-16-39(5-4-21(22)25(41)35-34-23)24(40)11-20-3-1-2-10-43-20/h12-13,18,20H,1-11,14-17H2,(H,35,41). The van der Waals surface area contributed by atoms with Crippen LogP contribution in [0.3, 0.4) is 0 Å². The summed E-state index contributed by atoms with van der Waals surface area (Å²) >= 11 is 0. The van der Waals surface area contributed by atoms with Crippen molar-refractivity contribution < 1.29 is 27.5 Å². The quantitative estimate of drug-likeness (QED) is 0.518. The van der Waals surface area contributed by atoms with Crippen LogP contribution in [0.25, 0.3) is 0 Å². The van der Waals surface area contributed by atoms with Gasteiger partial charge in [0.15, 0.2) is 0 Å². The number of hydrogen-bond acceptors (Lipinski definition) is 9. The highest BCUT2D eigenvalue weighted by molar-refractivity contribution is 5.80. The topological polar surface area (TPSA) is 128 Å². The summed E-state index contributed by atoms with van der Waals surface area (Å²) < 4.78 is 44.1. The molecule has 1 unspecified atom stereocenters. The maximum Gasteiger partial charge on any atom is 0.419 e. The number of aromatic amines is 1. The van der Waals surface area contributed by atoms with E-state index in [1.54, 1.807) is 14.7 Å². The number of nitrogens with zero attached hydrogens (tertiary/aromatic N) is 7. The number of carbonyl (C=O) groups excluding carboxylic acids is 2. The highest BCUT2D eigenvalue weighted by Crippen LogP contribution is 2.29. The fourth-order valence-electron chi connectivity index (χ4n) is 6.25. The molecule has 0 spiro atoms. The van der Waals surface area contributed by atoms with Gasteiger partial charge in [-0.05, 0) is 25.7 Å². The maximum absolute atomic E-state index is 13.1. The zero-order valence-electron chi connectivity index (χ0n) is 23.8. The molecule has 0 bridgehead atoms. The summed E-state index contributed by atoms with van der Waals surface area (Å²) in [5, 5.41) is 6.93. The normalized spacial score (nSPS) is 21.8. The third kappa shape index (κ3) is 6.51. The molecule has 0 aliphatic carbocycles. The van der Waals surface area contributed by atoms with Gasteiger partial charge in [-0.25, -0.2) is 15.1 Å². The third-order valence-corrected chi connectivity index (χ3v) is 8.81. The fraction of sp³-hybridized carbons (Fsp3) is 0.643. The molecule has 6 rings (SSSR count). The number of carbonyl (C=O) groups is 2. The number of amides is 2. The predicted octanol–water partition coefficient (Wildman–Crippen LogP) is 1.20. The molecule has 232 valence electrons. The second-order valence-corrected chi connectivity index (χ2v) is 11.7. The van der Waals surface area contributed by atoms with Crippen molar-refractivity contribution in [3.8, 4) is 0 Å². The number of piperazine rings is 1. The predicted molar refractivity (Wildman–Crippen MR) is 147 cm³/mol. The van der Waals surface area contributed by atoms with Crippen molar-refractivity contribution in [3.63, 3.8) is 0 Å². The average molecular weight is 605 g/mol. The van der Waals surface area contributed by atoms with Gasteiger partial charge in [0.2, 0.25) is 17.8 Å². The second kappa shape index (κ2) is 12.2. The number of fused-ring (bicyclic) bond motifs is 1. The van der Waals surface area contributed by atoms with Gasteiger partial charge in [0.25, 0.3) is 5.56 Å². The molecule has 3 fully saturated rings. The van der Waals surface area contributed by atoms with Gasteiger partial charge in [0.1, 0.15) is 0 Å². The van der Waals surface area contributed by atoms with E-state index in [2.05, 4.69) is 25.1 Å². The van der Waals surface area contributed by atoms with Crippen molar-refractivity contribution in [1.82, 2.24) is 34.9 Å². The van der Waals surface area contributed by atoms with Crippen LogP contribution in [0.4, 0.5) is 19.1 Å². The van der Waals surface area contributed by atoms with Crippen molar-refractivity contribution in [2.24, 2.45) is 5.92 Å². The summed E-state index contributed by atoms with van der Waals surface area (Å²) in [6, 6.07) is 0. The summed E-state index contributed by atoms with van der Waals surface area (Å²) in [5.74, 6) is 0.126. The Bertz CT molecular complexity index is 1380. The Hall–Kier alpha value is -3.59. The number of halogens is 3. The highest BCUT2D eigenvalue weighted by Gasteiger charge is 2.38. The first kappa shape index (κ1) is 29.5. The molecule has 3 saturated heterocycles. The largest absolute Gasteiger partial charge is 0.419 e. The molecule has 4 aliphatic heterocycles. The maximum atomic E-state index is 13.1. The summed E-state index contributed by atoms with van der Waals surface area (Å²) in [6.07, 6.45) is 0.828. The Morgan fingerprint density at radius 3 is 2.42 bits per heavy atom. The van der Waals surface area contributed by atoms with E-state index in [-0.39, 0.29) is 35.3 Å². The monoisotopic (exact) mass is 604 g/mol. The zero-order valence-corrected chi connectivity index (χ0v) is 23.8. The lowest BCUT2D eigenvalue weighted by atomic mass is 9.95. The molecule has 6 heterocycles. The van der Waals surface area contributed by atoms with Crippen molar-refractivity contribution >= 4 is 17.8 Å². The minimum Gasteiger partial charge on any atom is -0.378 e. The third-order valence-electron chi connectivity index (χ3n) is 8.81. The lowest BCUT2D eigenvalue weighted by molar-refractivity contribution is -0.142. The molecule has 4 aliphatic rings. The van der Waals surface area contributed by atoms with E-state index < -0.39 is 11.7 Å². The van der Waals surface area contributed by atoms with E-state index in [9.17, 15) is 27.6 Å². The van der Waals surface area contributed by atoms with E-state index in [1.165, 1.54) is 0 Å². The molecule has 12 nitrogen and oxygen atoms in total. The van der Waals surface area contributed by atoms with E-state index in [0.717, 1.165) is 42.9 Å². The molecule has 0 saturated carbocycles. The molecular weight excluding hydrogens is 569 g/mol. The minimum absolute atomic E-state index is 0.0309. The molecule has 2 aromatic rings. The van der Waals surface area contributed by atoms with Gasteiger partial charge in [-0.15, -0.1) is 0 Å². The van der Waals surface area contributed by atoms with Crippen LogP contribution < -0.4 is 10.5 Å². The number of H-pyrrole nitrogens is 1. The van der Waals surface area contributed by atoms with Crippen molar-refractivity contribution in [2.45, 2.75) is 57.5 Å². The lowest BCUT2D eigenvalue weighted by Gasteiger charge is -2.43. The summed E-state index contributed by atoms with van der Waals surface area (Å²) in [7, 11) is 0. The fourth-order valence-corrected chi connectivity index (χ4v) is 6.25. The first-order valence-corrected chi connectivity index (χ1v) is 14.8. The lowest BCUT2D eigenvalue weighted by Crippen LogP contribution is -2.57. The van der Waals surface area contributed by atoms with Gasteiger partial charge in [-0.3, -0.25) is 19.3 Å². The van der Waals surface area contributed by atoms with Crippen LogP contribution in [0.15, 0.2) is 17.2 Å². The second-order valence-electron chi connectivity index (χ2n) is 11.7. The van der Waals surface area contributed by atoms with E-state index in [0.29, 0.717) is 83.9 Å². The van der Waals surface area contributed by atoms with Crippen LogP contribution >= 0.6 is 0 Å². The van der Waals surface area contributed by atoms with Crippen LogP contribution in [0, 0.1) is 5.92 Å². The smallest absolute Gasteiger partial charge is 0.378 e. The van der Waals surface area contributed by atoms with Crippen LogP contribution in [0.2, 0.25) is 0 Å². The molecule has 43 heavy (non-hydrogen) atoms. The summed E-state index contributed by atoms with van der Waals surface area (Å²) in [4.78, 5) is 53.8. The number of ether oxygens (including phenoxy) is 1. The number of likely N-dealkylation sites (tertiary alicyclic amines) is 1. The van der Waals surface area contributed by atoms with Crippen LogP contribution in [-0.4, -0.2) is 105 Å². The SMILES string of the molecule is O=C(CC1CCCCO1)N1CCc2c(c(CN3CC(C(=O)N4CCN(c5ncc(C(F)(F)F)cn5)CC4)C3)n[nH]c2=O)C1. The molecule has 1 N–H and O–H groups in total. The number of alkyl halides is 3. The van der Waals surface area contributed by atoms with Gasteiger partial charge >= 0.3 is 6.18 Å². The van der Waals surface area contributed by atoms with Crippen LogP contribution in [0.5, 0.6) is 0 Å². The van der Waals surface area contributed by atoms with Crippen molar-refractivity contribution in [3.05, 3.63) is 45.1 Å². The van der Waals surface area contributed by atoms with E-state index in [4.69, 9.17) is 4.74 Å². The Labute approximate surface area is 246 Å². The molecule has 0 aromatic carbocycles. The molecular formula is C28H35F3N8O4. The molecule has 2 aromatic heterocycles. The number of aromatic nitrogens is 4. The Kier molecular flexibility index (Phi) is 8.36. The van der Waals surface area contributed by atoms with Gasteiger partial charge in [-0.2, -0.15) is 18.3 Å². The first-order valence-electron chi connectivity index (χ1n) is 14.8. The van der Waals surface area contributed by atoms with Crippen LogP contribution in [-0.2, 0) is 40.0 Å².